The summed E-state index contributed by atoms with van der Waals surface area (Å²) in [6.45, 7) is 2.97. The average molecular weight is 270 g/mol. The van der Waals surface area contributed by atoms with E-state index in [-0.39, 0.29) is 5.69 Å². The minimum absolute atomic E-state index is 0.0407. The Kier molecular flexibility index (Phi) is 6.35. The highest BCUT2D eigenvalue weighted by molar-refractivity contribution is 7.99. The zero-order valence-corrected chi connectivity index (χ0v) is 11.5. The van der Waals surface area contributed by atoms with Crippen molar-refractivity contribution in [3.8, 4) is 5.75 Å². The van der Waals surface area contributed by atoms with Crippen LogP contribution in [0.15, 0.2) is 18.2 Å². The zero-order valence-electron chi connectivity index (χ0n) is 10.6. The van der Waals surface area contributed by atoms with E-state index in [2.05, 4.69) is 12.2 Å². The molecule has 5 nitrogen and oxygen atoms in total. The summed E-state index contributed by atoms with van der Waals surface area (Å²) in [5, 5.41) is 13.9. The minimum Gasteiger partial charge on any atom is -0.494 e. The second-order valence-electron chi connectivity index (χ2n) is 3.62. The number of methoxy groups -OCH3 is 1. The Morgan fingerprint density at radius 2 is 2.28 bits per heavy atom. The van der Waals surface area contributed by atoms with Crippen LogP contribution in [0.4, 0.5) is 11.4 Å². The molecule has 0 aliphatic rings. The Hall–Kier alpha value is -1.43. The normalized spacial score (nSPS) is 10.1. The Morgan fingerprint density at radius 3 is 2.89 bits per heavy atom. The molecule has 0 bridgehead atoms. The van der Waals surface area contributed by atoms with Crippen LogP contribution in [0.1, 0.15) is 13.3 Å². The highest BCUT2D eigenvalue weighted by Crippen LogP contribution is 2.28. The van der Waals surface area contributed by atoms with Gasteiger partial charge in [0.05, 0.1) is 23.8 Å². The molecule has 0 heterocycles. The number of hydrogen-bond donors (Lipinski definition) is 1. The van der Waals surface area contributed by atoms with Gasteiger partial charge in [0.25, 0.3) is 5.69 Å². The molecule has 0 aliphatic heterocycles. The van der Waals surface area contributed by atoms with Crippen molar-refractivity contribution >= 4 is 23.1 Å². The van der Waals surface area contributed by atoms with E-state index in [1.165, 1.54) is 19.2 Å². The van der Waals surface area contributed by atoms with Crippen LogP contribution < -0.4 is 10.1 Å². The van der Waals surface area contributed by atoms with Gasteiger partial charge < -0.3 is 10.1 Å². The zero-order chi connectivity index (χ0) is 13.4. The van der Waals surface area contributed by atoms with Crippen molar-refractivity contribution < 1.29 is 9.66 Å². The van der Waals surface area contributed by atoms with Gasteiger partial charge in [-0.25, -0.2) is 0 Å². The third-order valence-corrected chi connectivity index (χ3v) is 3.37. The Labute approximate surface area is 111 Å². The van der Waals surface area contributed by atoms with E-state index < -0.39 is 4.92 Å². The number of ether oxygens (including phenoxy) is 1. The molecule has 0 radical (unpaired) electrons. The predicted molar refractivity (Wildman–Crippen MR) is 75.8 cm³/mol. The summed E-state index contributed by atoms with van der Waals surface area (Å²) < 4.78 is 5.14. The number of rotatable bonds is 8. The molecule has 0 aromatic heterocycles. The molecule has 0 fully saturated rings. The summed E-state index contributed by atoms with van der Waals surface area (Å²) in [6.07, 6.45) is 1.05. The lowest BCUT2D eigenvalue weighted by molar-refractivity contribution is -0.384. The fourth-order valence-corrected chi connectivity index (χ4v) is 2.12. The van der Waals surface area contributed by atoms with E-state index in [9.17, 15) is 10.1 Å². The highest BCUT2D eigenvalue weighted by Gasteiger charge is 2.10. The number of nitro groups is 1. The van der Waals surface area contributed by atoms with Gasteiger partial charge in [0.2, 0.25) is 0 Å². The molecule has 0 unspecified atom stereocenters. The van der Waals surface area contributed by atoms with E-state index in [0.717, 1.165) is 30.2 Å². The molecule has 1 N–H and O–H groups in total. The SMILES string of the molecule is CCSCCCNc1ccc([N+](=O)[O-])cc1OC. The Bertz CT molecular complexity index is 399. The molecule has 0 saturated heterocycles. The van der Waals surface area contributed by atoms with Gasteiger partial charge in [-0.1, -0.05) is 6.92 Å². The van der Waals surface area contributed by atoms with Crippen molar-refractivity contribution in [1.29, 1.82) is 0 Å². The first-order chi connectivity index (χ1) is 8.69. The molecular formula is C12H18N2O3S. The van der Waals surface area contributed by atoms with Gasteiger partial charge in [-0.05, 0) is 24.0 Å². The van der Waals surface area contributed by atoms with E-state index in [0.29, 0.717) is 5.75 Å². The molecule has 0 amide bonds. The molecule has 0 aliphatic carbocycles. The molecule has 1 aromatic carbocycles. The maximum atomic E-state index is 10.6. The van der Waals surface area contributed by atoms with Crippen LogP contribution in [0.5, 0.6) is 5.75 Å². The predicted octanol–water partition coefficient (Wildman–Crippen LogP) is 3.16. The number of nitrogens with zero attached hydrogens (tertiary/aromatic N) is 1. The Morgan fingerprint density at radius 1 is 1.50 bits per heavy atom. The lowest BCUT2D eigenvalue weighted by Gasteiger charge is -2.10. The van der Waals surface area contributed by atoms with Crippen LogP contribution in [-0.4, -0.2) is 30.1 Å². The molecule has 0 atom stereocenters. The van der Waals surface area contributed by atoms with E-state index in [1.54, 1.807) is 6.07 Å². The highest BCUT2D eigenvalue weighted by atomic mass is 32.2. The number of benzene rings is 1. The van der Waals surface area contributed by atoms with E-state index in [4.69, 9.17) is 4.74 Å². The van der Waals surface area contributed by atoms with E-state index >= 15 is 0 Å². The van der Waals surface area contributed by atoms with Gasteiger partial charge in [-0.2, -0.15) is 11.8 Å². The largest absolute Gasteiger partial charge is 0.494 e. The second-order valence-corrected chi connectivity index (χ2v) is 5.01. The molecule has 0 spiro atoms. The smallest absolute Gasteiger partial charge is 0.273 e. The van der Waals surface area contributed by atoms with Crippen molar-refractivity contribution in [3.05, 3.63) is 28.3 Å². The fourth-order valence-electron chi connectivity index (χ4n) is 1.48. The van der Waals surface area contributed by atoms with Gasteiger partial charge in [-0.3, -0.25) is 10.1 Å². The van der Waals surface area contributed by atoms with Gasteiger partial charge in [-0.15, -0.1) is 0 Å². The lowest BCUT2D eigenvalue weighted by atomic mass is 10.2. The Balaban J connectivity index is 2.57. The van der Waals surface area contributed by atoms with E-state index in [1.807, 2.05) is 11.8 Å². The molecule has 18 heavy (non-hydrogen) atoms. The molecule has 1 aromatic rings. The quantitative estimate of drug-likeness (QED) is 0.446. The summed E-state index contributed by atoms with van der Waals surface area (Å²) in [6, 6.07) is 4.60. The monoisotopic (exact) mass is 270 g/mol. The standard InChI is InChI=1S/C12H18N2O3S/c1-3-18-8-4-7-13-11-6-5-10(14(15)16)9-12(11)17-2/h5-6,9,13H,3-4,7-8H2,1-2H3. The molecule has 6 heteroatoms. The van der Waals surface area contributed by atoms with Crippen LogP contribution in [0.3, 0.4) is 0 Å². The molecular weight excluding hydrogens is 252 g/mol. The third kappa shape index (κ3) is 4.44. The summed E-state index contributed by atoms with van der Waals surface area (Å²) in [5.74, 6) is 2.74. The van der Waals surface area contributed by atoms with Gasteiger partial charge >= 0.3 is 0 Å². The first-order valence-corrected chi connectivity index (χ1v) is 6.98. The lowest BCUT2D eigenvalue weighted by Crippen LogP contribution is -2.04. The third-order valence-electron chi connectivity index (χ3n) is 2.38. The van der Waals surface area contributed by atoms with Crippen molar-refractivity contribution in [3.63, 3.8) is 0 Å². The topological polar surface area (TPSA) is 64.4 Å². The number of nitrogens with one attached hydrogen (secondary N) is 1. The number of thioether (sulfide) groups is 1. The maximum absolute atomic E-state index is 10.6. The minimum atomic E-state index is -0.426. The fraction of sp³-hybridized carbons (Fsp3) is 0.500. The van der Waals surface area contributed by atoms with Gasteiger partial charge in [0.1, 0.15) is 5.75 Å². The first-order valence-electron chi connectivity index (χ1n) is 5.83. The van der Waals surface area contributed by atoms with Crippen LogP contribution in [0.2, 0.25) is 0 Å². The average Bonchev–Trinajstić information content (AvgIpc) is 2.38. The van der Waals surface area contributed by atoms with Crippen LogP contribution in [0, 0.1) is 10.1 Å². The van der Waals surface area contributed by atoms with Crippen molar-refractivity contribution in [2.24, 2.45) is 0 Å². The van der Waals surface area contributed by atoms with Crippen molar-refractivity contribution in [2.75, 3.05) is 30.5 Å². The van der Waals surface area contributed by atoms with Crippen LogP contribution in [0.25, 0.3) is 0 Å². The summed E-state index contributed by atoms with van der Waals surface area (Å²) in [4.78, 5) is 10.2. The van der Waals surface area contributed by atoms with Crippen LogP contribution >= 0.6 is 11.8 Å². The van der Waals surface area contributed by atoms with Gasteiger partial charge in [0.15, 0.2) is 0 Å². The summed E-state index contributed by atoms with van der Waals surface area (Å²) in [7, 11) is 1.51. The van der Waals surface area contributed by atoms with Gasteiger partial charge in [0, 0.05) is 12.6 Å². The number of nitro benzene ring substituents is 1. The summed E-state index contributed by atoms with van der Waals surface area (Å²) >= 11 is 1.90. The summed E-state index contributed by atoms with van der Waals surface area (Å²) in [5.41, 5.74) is 0.837. The van der Waals surface area contributed by atoms with Crippen LogP contribution in [-0.2, 0) is 0 Å². The molecule has 0 saturated carbocycles. The second kappa shape index (κ2) is 7.81. The maximum Gasteiger partial charge on any atom is 0.273 e. The molecule has 100 valence electrons. The molecule has 1 rings (SSSR count). The number of non-ortho nitro benzene ring substituents is 1. The first kappa shape index (κ1) is 14.6. The number of hydrogen-bond acceptors (Lipinski definition) is 5. The van der Waals surface area contributed by atoms with Crippen molar-refractivity contribution in [1.82, 2.24) is 0 Å². The van der Waals surface area contributed by atoms with Crippen molar-refractivity contribution in [2.45, 2.75) is 13.3 Å². The number of anilines is 1.